The van der Waals surface area contributed by atoms with Crippen molar-refractivity contribution in [1.29, 1.82) is 0 Å². The second-order valence-corrected chi connectivity index (χ2v) is 11.0. The summed E-state index contributed by atoms with van der Waals surface area (Å²) in [5, 5.41) is 14.2. The second-order valence-electron chi connectivity index (χ2n) is 11.0. The molecule has 244 valence electrons. The van der Waals surface area contributed by atoms with Crippen molar-refractivity contribution in [3.05, 3.63) is 35.4 Å². The fraction of sp³-hybridized carbons (Fsp3) is 0.586. The summed E-state index contributed by atoms with van der Waals surface area (Å²) in [4.78, 5) is 80.5. The number of carbonyl (C=O) groups is 6. The van der Waals surface area contributed by atoms with E-state index in [1.165, 1.54) is 34.2 Å². The highest BCUT2D eigenvalue weighted by atomic mass is 19.1. The zero-order valence-corrected chi connectivity index (χ0v) is 25.7. The standard InChI is InChI=1S/C29H42F2N6O7/c1-6-17(2)25(36(5)29(43)23-8-7-12-37(23)24(39)10-13-35(4)18(3)38)28(42)33-22(27(41)34-44)9-11-32-26(40)19-14-20(30)16-21(31)15-19/h14-17,22-23,25,44H,6-13H2,1-5H3,(H,32,40)(H,33,42)(H,34,41)/t17?,22?,23-,25?/m0/s1. The van der Waals surface area contributed by atoms with Crippen molar-refractivity contribution in [1.82, 2.24) is 30.8 Å². The van der Waals surface area contributed by atoms with Gasteiger partial charge in [0.15, 0.2) is 0 Å². The van der Waals surface area contributed by atoms with E-state index in [9.17, 15) is 42.8 Å². The first kappa shape index (κ1) is 36.1. The number of hydrogen-bond acceptors (Lipinski definition) is 7. The molecule has 13 nitrogen and oxygen atoms in total. The maximum atomic E-state index is 13.6. The summed E-state index contributed by atoms with van der Waals surface area (Å²) in [6.45, 7) is 5.32. The van der Waals surface area contributed by atoms with Crippen molar-refractivity contribution >= 4 is 35.4 Å². The van der Waals surface area contributed by atoms with Crippen LogP contribution in [0.1, 0.15) is 63.2 Å². The first-order valence-electron chi connectivity index (χ1n) is 14.5. The van der Waals surface area contributed by atoms with E-state index in [2.05, 4.69) is 10.6 Å². The van der Waals surface area contributed by atoms with Gasteiger partial charge in [0.25, 0.3) is 11.8 Å². The number of hydroxylamine groups is 1. The van der Waals surface area contributed by atoms with Gasteiger partial charge < -0.3 is 25.3 Å². The number of carbonyl (C=O) groups excluding carboxylic acids is 6. The molecular weight excluding hydrogens is 582 g/mol. The van der Waals surface area contributed by atoms with E-state index in [0.29, 0.717) is 31.9 Å². The van der Waals surface area contributed by atoms with E-state index >= 15 is 0 Å². The average Bonchev–Trinajstić information content (AvgIpc) is 3.47. The Balaban J connectivity index is 2.12. The largest absolute Gasteiger partial charge is 0.352 e. The lowest BCUT2D eigenvalue weighted by atomic mass is 9.95. The molecule has 0 aliphatic carbocycles. The zero-order chi connectivity index (χ0) is 33.1. The Morgan fingerprint density at radius 1 is 1.07 bits per heavy atom. The van der Waals surface area contributed by atoms with Gasteiger partial charge in [-0.3, -0.25) is 34.0 Å². The van der Waals surface area contributed by atoms with Crippen LogP contribution in [-0.2, 0) is 24.0 Å². The van der Waals surface area contributed by atoms with Crippen LogP contribution in [-0.4, -0.2) is 107 Å². The predicted octanol–water partition coefficient (Wildman–Crippen LogP) is 0.807. The maximum Gasteiger partial charge on any atom is 0.265 e. The maximum absolute atomic E-state index is 13.6. The topological polar surface area (TPSA) is 168 Å². The van der Waals surface area contributed by atoms with Crippen LogP contribution in [0.15, 0.2) is 18.2 Å². The van der Waals surface area contributed by atoms with E-state index in [-0.39, 0.29) is 49.2 Å². The number of nitrogens with one attached hydrogen (secondary N) is 3. The molecule has 2 rings (SSSR count). The van der Waals surface area contributed by atoms with Crippen LogP contribution in [0.2, 0.25) is 0 Å². The van der Waals surface area contributed by atoms with Crippen LogP contribution in [0.25, 0.3) is 0 Å². The SMILES string of the molecule is CCC(C)C(C(=O)NC(CCNC(=O)c1cc(F)cc(F)c1)C(=O)NO)N(C)C(=O)[C@@H]1CCCN1C(=O)CCN(C)C(C)=O. The molecule has 0 radical (unpaired) electrons. The van der Waals surface area contributed by atoms with Gasteiger partial charge >= 0.3 is 0 Å². The molecule has 1 aliphatic heterocycles. The van der Waals surface area contributed by atoms with Crippen LogP contribution >= 0.6 is 0 Å². The number of benzene rings is 1. The molecule has 44 heavy (non-hydrogen) atoms. The Hall–Kier alpha value is -4.14. The molecule has 1 aromatic carbocycles. The Labute approximate surface area is 255 Å². The fourth-order valence-electron chi connectivity index (χ4n) is 5.02. The molecule has 0 saturated carbocycles. The van der Waals surface area contributed by atoms with E-state index in [1.807, 2.05) is 6.92 Å². The van der Waals surface area contributed by atoms with Crippen LogP contribution in [0.3, 0.4) is 0 Å². The van der Waals surface area contributed by atoms with Gasteiger partial charge in [-0.05, 0) is 37.3 Å². The van der Waals surface area contributed by atoms with Crippen molar-refractivity contribution in [2.75, 3.05) is 33.7 Å². The molecule has 4 atom stereocenters. The minimum absolute atomic E-state index is 0.0431. The van der Waals surface area contributed by atoms with Crippen molar-refractivity contribution in [2.24, 2.45) is 5.92 Å². The molecule has 1 fully saturated rings. The van der Waals surface area contributed by atoms with Crippen LogP contribution in [0.5, 0.6) is 0 Å². The molecule has 15 heteroatoms. The Bertz CT molecular complexity index is 1210. The van der Waals surface area contributed by atoms with E-state index in [4.69, 9.17) is 0 Å². The molecule has 6 amide bonds. The molecule has 4 N–H and O–H groups in total. The summed E-state index contributed by atoms with van der Waals surface area (Å²) < 4.78 is 26.9. The number of likely N-dealkylation sites (N-methyl/N-ethyl adjacent to an activating group) is 1. The highest BCUT2D eigenvalue weighted by molar-refractivity contribution is 5.95. The first-order chi connectivity index (χ1) is 20.7. The van der Waals surface area contributed by atoms with E-state index < -0.39 is 53.4 Å². The van der Waals surface area contributed by atoms with Gasteiger partial charge in [-0.25, -0.2) is 14.3 Å². The third-order valence-corrected chi connectivity index (χ3v) is 7.86. The molecule has 0 bridgehead atoms. The number of nitrogens with zero attached hydrogens (tertiary/aromatic N) is 3. The van der Waals surface area contributed by atoms with Gasteiger partial charge in [-0.15, -0.1) is 0 Å². The summed E-state index contributed by atoms with van der Waals surface area (Å²) in [6, 6.07) is -0.894. The van der Waals surface area contributed by atoms with Gasteiger partial charge in [0, 0.05) is 58.7 Å². The van der Waals surface area contributed by atoms with Gasteiger partial charge in [0.05, 0.1) is 0 Å². The molecule has 1 heterocycles. The molecule has 1 saturated heterocycles. The molecule has 1 aromatic rings. The Kier molecular flexibility index (Phi) is 13.6. The third kappa shape index (κ3) is 9.69. The van der Waals surface area contributed by atoms with Gasteiger partial charge in [-0.1, -0.05) is 20.3 Å². The highest BCUT2D eigenvalue weighted by Crippen LogP contribution is 2.23. The van der Waals surface area contributed by atoms with Gasteiger partial charge in [0.1, 0.15) is 29.8 Å². The van der Waals surface area contributed by atoms with Gasteiger partial charge in [-0.2, -0.15) is 0 Å². The average molecular weight is 625 g/mol. The minimum atomic E-state index is -1.34. The normalized spacial score (nSPS) is 16.4. The van der Waals surface area contributed by atoms with E-state index in [0.717, 1.165) is 12.1 Å². The Morgan fingerprint density at radius 2 is 1.70 bits per heavy atom. The lowest BCUT2D eigenvalue weighted by Gasteiger charge is -2.36. The van der Waals surface area contributed by atoms with Crippen molar-refractivity contribution in [2.45, 2.75) is 71.0 Å². The highest BCUT2D eigenvalue weighted by Gasteiger charge is 2.40. The zero-order valence-electron chi connectivity index (χ0n) is 25.7. The summed E-state index contributed by atoms with van der Waals surface area (Å²) in [5.74, 6) is -5.68. The lowest BCUT2D eigenvalue weighted by Crippen LogP contribution is -2.58. The quantitative estimate of drug-likeness (QED) is 0.175. The molecule has 0 aromatic heterocycles. The van der Waals surface area contributed by atoms with Crippen LogP contribution < -0.4 is 16.1 Å². The lowest BCUT2D eigenvalue weighted by molar-refractivity contribution is -0.149. The fourth-order valence-corrected chi connectivity index (χ4v) is 5.02. The number of rotatable bonds is 14. The number of likely N-dealkylation sites (tertiary alicyclic amines) is 1. The Morgan fingerprint density at radius 3 is 2.27 bits per heavy atom. The molecule has 3 unspecified atom stereocenters. The smallest absolute Gasteiger partial charge is 0.265 e. The third-order valence-electron chi connectivity index (χ3n) is 7.86. The first-order valence-corrected chi connectivity index (χ1v) is 14.5. The number of hydrogen-bond donors (Lipinski definition) is 4. The summed E-state index contributed by atoms with van der Waals surface area (Å²) >= 11 is 0. The predicted molar refractivity (Wildman–Crippen MR) is 154 cm³/mol. The van der Waals surface area contributed by atoms with Crippen molar-refractivity contribution in [3.8, 4) is 0 Å². The summed E-state index contributed by atoms with van der Waals surface area (Å²) in [7, 11) is 3.03. The number of halogens is 2. The summed E-state index contributed by atoms with van der Waals surface area (Å²) in [5.41, 5.74) is 1.18. The van der Waals surface area contributed by atoms with Crippen LogP contribution in [0, 0.1) is 17.6 Å². The van der Waals surface area contributed by atoms with Gasteiger partial charge in [0.2, 0.25) is 23.6 Å². The van der Waals surface area contributed by atoms with Crippen molar-refractivity contribution < 1.29 is 42.8 Å². The van der Waals surface area contributed by atoms with Crippen LogP contribution in [0.4, 0.5) is 8.78 Å². The van der Waals surface area contributed by atoms with E-state index in [1.54, 1.807) is 14.0 Å². The summed E-state index contributed by atoms with van der Waals surface area (Å²) in [6.07, 6.45) is 1.31. The molecular formula is C29H42F2N6O7. The second kappa shape index (κ2) is 16.6. The monoisotopic (exact) mass is 624 g/mol. The number of amides is 6. The minimum Gasteiger partial charge on any atom is -0.352 e. The molecule has 1 aliphatic rings. The van der Waals surface area contributed by atoms with Crippen molar-refractivity contribution in [3.63, 3.8) is 0 Å². The molecule has 0 spiro atoms.